The van der Waals surface area contributed by atoms with Gasteiger partial charge in [0.2, 0.25) is 0 Å². The van der Waals surface area contributed by atoms with Crippen molar-refractivity contribution in [3.8, 4) is 0 Å². The van der Waals surface area contributed by atoms with E-state index in [1.807, 2.05) is 6.92 Å². The van der Waals surface area contributed by atoms with Gasteiger partial charge < -0.3 is 5.32 Å². The fourth-order valence-electron chi connectivity index (χ4n) is 2.30. The molecule has 0 atom stereocenters. The Balaban J connectivity index is 1.62. The predicted molar refractivity (Wildman–Crippen MR) is 82.9 cm³/mol. The van der Waals surface area contributed by atoms with Gasteiger partial charge in [-0.2, -0.15) is 5.10 Å². The van der Waals surface area contributed by atoms with E-state index in [4.69, 9.17) is 0 Å². The number of nitrogens with one attached hydrogen (secondary N) is 2. The van der Waals surface area contributed by atoms with Crippen molar-refractivity contribution in [3.05, 3.63) is 59.4 Å². The summed E-state index contributed by atoms with van der Waals surface area (Å²) in [5.41, 5.74) is 1.55. The Kier molecular flexibility index (Phi) is 3.76. The molecule has 1 aliphatic rings. The molecular formula is C16H14N4O3. The first kappa shape index (κ1) is 14.7. The third-order valence-electron chi connectivity index (χ3n) is 3.40. The summed E-state index contributed by atoms with van der Waals surface area (Å²) in [7, 11) is 0. The molecule has 0 aliphatic carbocycles. The van der Waals surface area contributed by atoms with Gasteiger partial charge in [-0.05, 0) is 25.1 Å². The minimum Gasteiger partial charge on any atom is -0.345 e. The van der Waals surface area contributed by atoms with Crippen LogP contribution in [0, 0.1) is 6.92 Å². The molecule has 0 saturated carbocycles. The van der Waals surface area contributed by atoms with Gasteiger partial charge in [0, 0.05) is 18.0 Å². The fourth-order valence-corrected chi connectivity index (χ4v) is 2.30. The van der Waals surface area contributed by atoms with E-state index in [1.165, 1.54) is 12.3 Å². The Morgan fingerprint density at radius 3 is 2.48 bits per heavy atom. The van der Waals surface area contributed by atoms with Crippen LogP contribution in [0.1, 0.15) is 26.4 Å². The fraction of sp³-hybridized carbons (Fsp3) is 0.125. The molecule has 0 unspecified atom stereocenters. The molecule has 0 spiro atoms. The number of imide groups is 1. The molecule has 1 aromatic heterocycles. The van der Waals surface area contributed by atoms with E-state index >= 15 is 0 Å². The van der Waals surface area contributed by atoms with Crippen molar-refractivity contribution in [1.82, 2.24) is 15.1 Å². The molecule has 0 fully saturated rings. The van der Waals surface area contributed by atoms with E-state index in [1.54, 1.807) is 30.3 Å². The minimum atomic E-state index is -0.441. The number of amides is 2. The lowest BCUT2D eigenvalue weighted by Crippen LogP contribution is -2.34. The number of carbonyl (C=O) groups is 3. The standard InChI is InChI=1S/C16H14N4O3/c1-10-8-14(19-18-10)17-7-6-11(21)9-20-15(22)12-4-2-3-5-13(12)16(20)23/h2-8H,9H2,1H3,(H2,17,18,19)/b7-6+. The van der Waals surface area contributed by atoms with Crippen LogP contribution in [0.5, 0.6) is 0 Å². The molecule has 0 bridgehead atoms. The largest absolute Gasteiger partial charge is 0.345 e. The first-order valence-electron chi connectivity index (χ1n) is 6.99. The van der Waals surface area contributed by atoms with Crippen LogP contribution in [-0.4, -0.2) is 39.2 Å². The van der Waals surface area contributed by atoms with Crippen molar-refractivity contribution in [1.29, 1.82) is 0 Å². The van der Waals surface area contributed by atoms with Crippen molar-refractivity contribution >= 4 is 23.4 Å². The zero-order chi connectivity index (χ0) is 16.4. The molecule has 2 amide bonds. The van der Waals surface area contributed by atoms with Gasteiger partial charge in [0.1, 0.15) is 0 Å². The number of hydrogen-bond donors (Lipinski definition) is 2. The van der Waals surface area contributed by atoms with Crippen LogP contribution in [0.2, 0.25) is 0 Å². The number of aromatic amines is 1. The van der Waals surface area contributed by atoms with E-state index in [9.17, 15) is 14.4 Å². The molecule has 3 rings (SSSR count). The van der Waals surface area contributed by atoms with Crippen molar-refractivity contribution in [3.63, 3.8) is 0 Å². The highest BCUT2D eigenvalue weighted by atomic mass is 16.2. The molecule has 2 aromatic rings. The lowest BCUT2D eigenvalue weighted by atomic mass is 10.1. The molecular weight excluding hydrogens is 296 g/mol. The Labute approximate surface area is 132 Å². The second-order valence-electron chi connectivity index (χ2n) is 5.12. The van der Waals surface area contributed by atoms with E-state index in [-0.39, 0.29) is 12.3 Å². The van der Waals surface area contributed by atoms with Crippen LogP contribution in [0.3, 0.4) is 0 Å². The van der Waals surface area contributed by atoms with Gasteiger partial charge in [-0.15, -0.1) is 0 Å². The second-order valence-corrected chi connectivity index (χ2v) is 5.12. The zero-order valence-electron chi connectivity index (χ0n) is 12.4. The van der Waals surface area contributed by atoms with E-state index in [0.717, 1.165) is 10.6 Å². The monoisotopic (exact) mass is 310 g/mol. The number of anilines is 1. The molecule has 116 valence electrons. The average Bonchev–Trinajstić information content (AvgIpc) is 3.05. The molecule has 1 aromatic carbocycles. The summed E-state index contributed by atoms with van der Waals surface area (Å²) >= 11 is 0. The summed E-state index contributed by atoms with van der Waals surface area (Å²) in [6.07, 6.45) is 2.70. The first-order chi connectivity index (χ1) is 11.1. The third-order valence-corrected chi connectivity index (χ3v) is 3.40. The number of aryl methyl sites for hydroxylation is 1. The lowest BCUT2D eigenvalue weighted by molar-refractivity contribution is -0.114. The summed E-state index contributed by atoms with van der Waals surface area (Å²) < 4.78 is 0. The molecule has 0 saturated heterocycles. The summed E-state index contributed by atoms with van der Waals surface area (Å²) in [6.45, 7) is 1.57. The second kappa shape index (κ2) is 5.88. The van der Waals surface area contributed by atoms with Crippen molar-refractivity contribution in [2.75, 3.05) is 11.9 Å². The van der Waals surface area contributed by atoms with Crippen LogP contribution in [0.4, 0.5) is 5.82 Å². The van der Waals surface area contributed by atoms with Crippen LogP contribution < -0.4 is 5.32 Å². The Morgan fingerprint density at radius 1 is 1.26 bits per heavy atom. The van der Waals surface area contributed by atoms with Crippen LogP contribution in [0.25, 0.3) is 0 Å². The van der Waals surface area contributed by atoms with Gasteiger partial charge in [-0.25, -0.2) is 0 Å². The molecule has 23 heavy (non-hydrogen) atoms. The highest BCUT2D eigenvalue weighted by molar-refractivity contribution is 6.22. The number of benzene rings is 1. The maximum Gasteiger partial charge on any atom is 0.261 e. The Morgan fingerprint density at radius 2 is 1.91 bits per heavy atom. The van der Waals surface area contributed by atoms with E-state index < -0.39 is 11.8 Å². The predicted octanol–water partition coefficient (Wildman–Crippen LogP) is 1.51. The van der Waals surface area contributed by atoms with Gasteiger partial charge in [0.05, 0.1) is 17.7 Å². The van der Waals surface area contributed by atoms with Crippen LogP contribution in [0.15, 0.2) is 42.6 Å². The number of aromatic nitrogens is 2. The van der Waals surface area contributed by atoms with Crippen molar-refractivity contribution in [2.24, 2.45) is 0 Å². The number of carbonyl (C=O) groups excluding carboxylic acids is 3. The average molecular weight is 310 g/mol. The number of fused-ring (bicyclic) bond motifs is 1. The summed E-state index contributed by atoms with van der Waals surface area (Å²) in [6, 6.07) is 8.31. The molecule has 2 heterocycles. The SMILES string of the molecule is Cc1cc(N/C=C/C(=O)CN2C(=O)c3ccccc3C2=O)n[nH]1. The zero-order valence-corrected chi connectivity index (χ0v) is 12.4. The number of nitrogens with zero attached hydrogens (tertiary/aromatic N) is 2. The molecule has 7 nitrogen and oxygen atoms in total. The number of ketones is 1. The minimum absolute atomic E-state index is 0.288. The topological polar surface area (TPSA) is 95.2 Å². The van der Waals surface area contributed by atoms with Gasteiger partial charge >= 0.3 is 0 Å². The van der Waals surface area contributed by atoms with E-state index in [0.29, 0.717) is 16.9 Å². The first-order valence-corrected chi connectivity index (χ1v) is 6.99. The van der Waals surface area contributed by atoms with Gasteiger partial charge in [0.15, 0.2) is 11.6 Å². The Hall–Kier alpha value is -3.22. The molecule has 0 radical (unpaired) electrons. The number of rotatable bonds is 5. The quantitative estimate of drug-likeness (QED) is 0.645. The smallest absolute Gasteiger partial charge is 0.261 e. The molecule has 7 heteroatoms. The van der Waals surface area contributed by atoms with Crippen molar-refractivity contribution in [2.45, 2.75) is 6.92 Å². The normalized spacial score (nSPS) is 13.7. The maximum absolute atomic E-state index is 12.1. The van der Waals surface area contributed by atoms with Crippen molar-refractivity contribution < 1.29 is 14.4 Å². The summed E-state index contributed by atoms with van der Waals surface area (Å²) in [5.74, 6) is -0.669. The highest BCUT2D eigenvalue weighted by Crippen LogP contribution is 2.22. The number of H-pyrrole nitrogens is 1. The maximum atomic E-state index is 12.1. The molecule has 2 N–H and O–H groups in total. The van der Waals surface area contributed by atoms with Crippen LogP contribution >= 0.6 is 0 Å². The lowest BCUT2D eigenvalue weighted by Gasteiger charge is -2.10. The van der Waals surface area contributed by atoms with Crippen LogP contribution in [-0.2, 0) is 4.79 Å². The highest BCUT2D eigenvalue weighted by Gasteiger charge is 2.35. The summed E-state index contributed by atoms with van der Waals surface area (Å²) in [5, 5.41) is 9.54. The van der Waals surface area contributed by atoms with Gasteiger partial charge in [-0.3, -0.25) is 24.4 Å². The molecule has 1 aliphatic heterocycles. The third kappa shape index (κ3) is 2.89. The van der Waals surface area contributed by atoms with E-state index in [2.05, 4.69) is 15.5 Å². The van der Waals surface area contributed by atoms with Gasteiger partial charge in [-0.1, -0.05) is 12.1 Å². The summed E-state index contributed by atoms with van der Waals surface area (Å²) in [4.78, 5) is 37.2. The number of hydrogen-bond acceptors (Lipinski definition) is 5. The Bertz CT molecular complexity index is 787. The van der Waals surface area contributed by atoms with Gasteiger partial charge in [0.25, 0.3) is 11.8 Å².